The second-order valence-corrected chi connectivity index (χ2v) is 4.31. The number of hydrogen-bond donors (Lipinski definition) is 1. The van der Waals surface area contributed by atoms with Crippen LogP contribution >= 0.6 is 0 Å². The number of alkyl halides is 3. The molecule has 0 amide bonds. The van der Waals surface area contributed by atoms with E-state index < -0.39 is 17.6 Å². The third kappa shape index (κ3) is 3.13. The first-order chi connectivity index (χ1) is 8.47. The van der Waals surface area contributed by atoms with Gasteiger partial charge in [0.2, 0.25) is 0 Å². The maximum absolute atomic E-state index is 13.0. The van der Waals surface area contributed by atoms with Crippen LogP contribution < -0.4 is 10.1 Å². The van der Waals surface area contributed by atoms with Gasteiger partial charge in [0, 0.05) is 12.5 Å². The largest absolute Gasteiger partial charge is 0.493 e. The summed E-state index contributed by atoms with van der Waals surface area (Å²) < 4.78 is 55.7. The van der Waals surface area contributed by atoms with Crippen molar-refractivity contribution in [1.29, 1.82) is 0 Å². The quantitative estimate of drug-likeness (QED) is 0.847. The van der Waals surface area contributed by atoms with Crippen molar-refractivity contribution in [2.24, 2.45) is 5.92 Å². The van der Waals surface area contributed by atoms with Crippen molar-refractivity contribution in [3.63, 3.8) is 0 Å². The molecule has 100 valence electrons. The van der Waals surface area contributed by atoms with Crippen molar-refractivity contribution < 1.29 is 22.3 Å². The van der Waals surface area contributed by atoms with E-state index >= 15 is 0 Å². The zero-order valence-electron chi connectivity index (χ0n) is 9.56. The summed E-state index contributed by atoms with van der Waals surface area (Å²) in [5.74, 6) is -0.933. The van der Waals surface area contributed by atoms with Gasteiger partial charge in [0.25, 0.3) is 0 Å². The van der Waals surface area contributed by atoms with E-state index in [9.17, 15) is 17.6 Å². The monoisotopic (exact) mass is 263 g/mol. The first-order valence-corrected chi connectivity index (χ1v) is 5.67. The molecule has 1 atom stereocenters. The van der Waals surface area contributed by atoms with E-state index in [1.54, 1.807) is 0 Å². The first kappa shape index (κ1) is 13.1. The molecular formula is C12H13F4NO. The van der Waals surface area contributed by atoms with Crippen LogP contribution in [0.4, 0.5) is 17.6 Å². The highest BCUT2D eigenvalue weighted by atomic mass is 19.4. The molecule has 0 spiro atoms. The van der Waals surface area contributed by atoms with Gasteiger partial charge in [-0.05, 0) is 31.2 Å². The highest BCUT2D eigenvalue weighted by Gasteiger charge is 2.34. The summed E-state index contributed by atoms with van der Waals surface area (Å²) in [6.07, 6.45) is -3.76. The van der Waals surface area contributed by atoms with Crippen LogP contribution in [0.5, 0.6) is 5.75 Å². The van der Waals surface area contributed by atoms with Gasteiger partial charge >= 0.3 is 6.18 Å². The van der Waals surface area contributed by atoms with Gasteiger partial charge in [0.15, 0.2) is 0 Å². The Morgan fingerprint density at radius 2 is 2.11 bits per heavy atom. The minimum absolute atomic E-state index is 0.0515. The summed E-state index contributed by atoms with van der Waals surface area (Å²) >= 11 is 0. The molecule has 6 heteroatoms. The fraction of sp³-hybridized carbons (Fsp3) is 0.500. The minimum Gasteiger partial charge on any atom is -0.493 e. The molecule has 1 aromatic rings. The number of nitrogens with one attached hydrogen (secondary N) is 1. The average Bonchev–Trinajstić information content (AvgIpc) is 2.79. The van der Waals surface area contributed by atoms with E-state index in [1.807, 2.05) is 0 Å². The van der Waals surface area contributed by atoms with Crippen molar-refractivity contribution in [3.05, 3.63) is 29.6 Å². The van der Waals surface area contributed by atoms with E-state index in [4.69, 9.17) is 4.74 Å². The minimum atomic E-state index is -4.70. The molecule has 0 aliphatic carbocycles. The highest BCUT2D eigenvalue weighted by Crippen LogP contribution is 2.33. The zero-order valence-corrected chi connectivity index (χ0v) is 9.56. The molecule has 2 nitrogen and oxygen atoms in total. The van der Waals surface area contributed by atoms with Crippen LogP contribution in [0, 0.1) is 11.7 Å². The van der Waals surface area contributed by atoms with Gasteiger partial charge in [-0.25, -0.2) is 4.39 Å². The van der Waals surface area contributed by atoms with Gasteiger partial charge < -0.3 is 10.1 Å². The number of benzene rings is 1. The third-order valence-electron chi connectivity index (χ3n) is 2.89. The van der Waals surface area contributed by atoms with Crippen LogP contribution in [0.3, 0.4) is 0 Å². The topological polar surface area (TPSA) is 21.3 Å². The molecule has 1 N–H and O–H groups in total. The second kappa shape index (κ2) is 5.14. The molecule has 0 bridgehead atoms. The summed E-state index contributed by atoms with van der Waals surface area (Å²) in [7, 11) is 0. The van der Waals surface area contributed by atoms with Crippen LogP contribution in [0.1, 0.15) is 12.0 Å². The molecule has 0 saturated carbocycles. The number of halogens is 4. The van der Waals surface area contributed by atoms with Crippen LogP contribution in [-0.4, -0.2) is 19.7 Å². The van der Waals surface area contributed by atoms with Crippen LogP contribution in [0.2, 0.25) is 0 Å². The van der Waals surface area contributed by atoms with E-state index in [0.717, 1.165) is 25.6 Å². The molecule has 1 fully saturated rings. The van der Waals surface area contributed by atoms with Crippen molar-refractivity contribution in [2.75, 3.05) is 19.7 Å². The van der Waals surface area contributed by atoms with Crippen molar-refractivity contribution in [1.82, 2.24) is 5.32 Å². The lowest BCUT2D eigenvalue weighted by molar-refractivity contribution is -0.140. The Morgan fingerprint density at radius 1 is 1.33 bits per heavy atom. The molecule has 1 saturated heterocycles. The molecule has 1 unspecified atom stereocenters. The standard InChI is InChI=1S/C12H13F4NO/c13-11-2-1-9(5-10(11)12(14,15)16)18-7-8-3-4-17-6-8/h1-2,5,8,17H,3-4,6-7H2. The molecule has 1 aliphatic heterocycles. The first-order valence-electron chi connectivity index (χ1n) is 5.67. The van der Waals surface area contributed by atoms with Crippen LogP contribution in [-0.2, 0) is 6.18 Å². The zero-order chi connectivity index (χ0) is 13.2. The van der Waals surface area contributed by atoms with Gasteiger partial charge in [-0.3, -0.25) is 0 Å². The SMILES string of the molecule is Fc1ccc(OCC2CCNC2)cc1C(F)(F)F. The summed E-state index contributed by atoms with van der Waals surface area (Å²) in [5.41, 5.74) is -1.29. The van der Waals surface area contributed by atoms with E-state index in [1.165, 1.54) is 6.07 Å². The summed E-state index contributed by atoms with van der Waals surface area (Å²) in [4.78, 5) is 0. The maximum atomic E-state index is 13.0. The molecule has 1 aliphatic rings. The Hall–Kier alpha value is -1.30. The molecular weight excluding hydrogens is 250 g/mol. The lowest BCUT2D eigenvalue weighted by Crippen LogP contribution is -2.16. The Kier molecular flexibility index (Phi) is 3.75. The summed E-state index contributed by atoms with van der Waals surface area (Å²) in [6.45, 7) is 2.04. The van der Waals surface area contributed by atoms with Gasteiger partial charge in [0.1, 0.15) is 11.6 Å². The van der Waals surface area contributed by atoms with Gasteiger partial charge in [-0.1, -0.05) is 0 Å². The van der Waals surface area contributed by atoms with E-state index in [-0.39, 0.29) is 5.75 Å². The van der Waals surface area contributed by atoms with Crippen molar-refractivity contribution in [3.8, 4) is 5.75 Å². The van der Waals surface area contributed by atoms with E-state index in [0.29, 0.717) is 18.6 Å². The van der Waals surface area contributed by atoms with Gasteiger partial charge in [-0.15, -0.1) is 0 Å². The highest BCUT2D eigenvalue weighted by molar-refractivity contribution is 5.31. The van der Waals surface area contributed by atoms with Gasteiger partial charge in [0.05, 0.1) is 12.2 Å². The molecule has 0 aromatic heterocycles. The Balaban J connectivity index is 2.04. The normalized spacial score (nSPS) is 20.1. The predicted octanol–water partition coefficient (Wildman–Crippen LogP) is 2.83. The lowest BCUT2D eigenvalue weighted by Gasteiger charge is -2.13. The van der Waals surface area contributed by atoms with Crippen molar-refractivity contribution >= 4 is 0 Å². The average molecular weight is 263 g/mol. The fourth-order valence-electron chi connectivity index (χ4n) is 1.88. The van der Waals surface area contributed by atoms with Gasteiger partial charge in [-0.2, -0.15) is 13.2 Å². The maximum Gasteiger partial charge on any atom is 0.419 e. The second-order valence-electron chi connectivity index (χ2n) is 4.31. The smallest absolute Gasteiger partial charge is 0.419 e. The van der Waals surface area contributed by atoms with Crippen molar-refractivity contribution in [2.45, 2.75) is 12.6 Å². The Bertz CT molecular complexity index is 413. The molecule has 0 radical (unpaired) electrons. The number of hydrogen-bond acceptors (Lipinski definition) is 2. The fourth-order valence-corrected chi connectivity index (χ4v) is 1.88. The molecule has 2 rings (SSSR count). The summed E-state index contributed by atoms with van der Waals surface area (Å²) in [5, 5.41) is 3.13. The van der Waals surface area contributed by atoms with Crippen LogP contribution in [0.15, 0.2) is 18.2 Å². The summed E-state index contributed by atoms with van der Waals surface area (Å²) in [6, 6.07) is 2.70. The number of ether oxygens (including phenoxy) is 1. The molecule has 1 aromatic carbocycles. The predicted molar refractivity (Wildman–Crippen MR) is 57.9 cm³/mol. The van der Waals surface area contributed by atoms with Crippen LogP contribution in [0.25, 0.3) is 0 Å². The Labute approximate surface area is 102 Å². The Morgan fingerprint density at radius 3 is 2.72 bits per heavy atom. The third-order valence-corrected chi connectivity index (χ3v) is 2.89. The van der Waals surface area contributed by atoms with E-state index in [2.05, 4.69) is 5.32 Å². The molecule has 18 heavy (non-hydrogen) atoms. The molecule has 1 heterocycles. The lowest BCUT2D eigenvalue weighted by atomic mass is 10.1. The number of rotatable bonds is 3.